The summed E-state index contributed by atoms with van der Waals surface area (Å²) in [4.78, 5) is 0. The molecule has 0 unspecified atom stereocenters. The summed E-state index contributed by atoms with van der Waals surface area (Å²) in [6.45, 7) is 0.273. The molecule has 0 aromatic heterocycles. The van der Waals surface area contributed by atoms with Crippen LogP contribution in [-0.4, -0.2) is 17.2 Å². The second-order valence-corrected chi connectivity index (χ2v) is 4.25. The van der Waals surface area contributed by atoms with Crippen LogP contribution in [0, 0.1) is 0 Å². The maximum Gasteiger partial charge on any atom is 0.488 e. The van der Waals surface area contributed by atoms with Gasteiger partial charge in [0.15, 0.2) is 0 Å². The van der Waals surface area contributed by atoms with E-state index in [4.69, 9.17) is 16.3 Å². The van der Waals surface area contributed by atoms with E-state index in [-0.39, 0.29) is 6.61 Å². The van der Waals surface area contributed by atoms with Gasteiger partial charge in [-0.15, -0.1) is 0 Å². The third-order valence-corrected chi connectivity index (χ3v) is 2.79. The Hall–Kier alpha value is -1.49. The molecule has 0 fully saturated rings. The zero-order chi connectivity index (χ0) is 13.0. The molecular formula is C13H12BClO3. The second-order valence-electron chi connectivity index (χ2n) is 3.82. The molecule has 0 saturated heterocycles. The highest BCUT2D eigenvalue weighted by molar-refractivity contribution is 6.59. The molecular weight excluding hydrogens is 250 g/mol. The van der Waals surface area contributed by atoms with Crippen molar-refractivity contribution in [1.29, 1.82) is 0 Å². The molecule has 92 valence electrons. The first kappa shape index (κ1) is 13.0. The Kier molecular flexibility index (Phi) is 4.26. The number of rotatable bonds is 4. The van der Waals surface area contributed by atoms with Crippen LogP contribution in [0.3, 0.4) is 0 Å². The average molecular weight is 263 g/mol. The molecule has 0 amide bonds. The van der Waals surface area contributed by atoms with E-state index in [0.717, 1.165) is 5.56 Å². The minimum absolute atomic E-state index is 0.273. The molecule has 2 aromatic carbocycles. The minimum atomic E-state index is -1.49. The molecule has 0 atom stereocenters. The third-order valence-electron chi connectivity index (χ3n) is 2.54. The van der Waals surface area contributed by atoms with Crippen LogP contribution in [0.1, 0.15) is 5.56 Å². The fourth-order valence-corrected chi connectivity index (χ4v) is 1.74. The molecule has 0 heterocycles. The Morgan fingerprint density at radius 3 is 2.33 bits per heavy atom. The lowest BCUT2D eigenvalue weighted by atomic mass is 9.77. The van der Waals surface area contributed by atoms with E-state index >= 15 is 0 Å². The fourth-order valence-electron chi connectivity index (χ4n) is 1.61. The van der Waals surface area contributed by atoms with Crippen LogP contribution in [-0.2, 0) is 6.61 Å². The zero-order valence-electron chi connectivity index (χ0n) is 9.58. The van der Waals surface area contributed by atoms with Gasteiger partial charge in [-0.3, -0.25) is 0 Å². The van der Waals surface area contributed by atoms with Crippen molar-refractivity contribution in [2.75, 3.05) is 0 Å². The van der Waals surface area contributed by atoms with Crippen molar-refractivity contribution >= 4 is 24.2 Å². The van der Waals surface area contributed by atoms with Crippen LogP contribution in [0.2, 0.25) is 5.02 Å². The van der Waals surface area contributed by atoms with E-state index in [9.17, 15) is 10.0 Å². The first-order valence-corrected chi connectivity index (χ1v) is 5.87. The zero-order valence-corrected chi connectivity index (χ0v) is 10.3. The third kappa shape index (κ3) is 3.26. The molecule has 0 radical (unpaired) electrons. The summed E-state index contributed by atoms with van der Waals surface area (Å²) in [6.07, 6.45) is 0. The maximum absolute atomic E-state index is 9.22. The number of halogens is 1. The Labute approximate surface area is 111 Å². The van der Waals surface area contributed by atoms with Crippen LogP contribution in [0.15, 0.2) is 48.5 Å². The van der Waals surface area contributed by atoms with Gasteiger partial charge in [-0.25, -0.2) is 0 Å². The van der Waals surface area contributed by atoms with Crippen molar-refractivity contribution in [3.8, 4) is 5.75 Å². The lowest BCUT2D eigenvalue weighted by molar-refractivity contribution is 0.306. The number of benzene rings is 2. The molecule has 18 heavy (non-hydrogen) atoms. The fraction of sp³-hybridized carbons (Fsp3) is 0.0769. The van der Waals surface area contributed by atoms with E-state index in [2.05, 4.69) is 0 Å². The van der Waals surface area contributed by atoms with E-state index in [1.807, 2.05) is 6.07 Å². The van der Waals surface area contributed by atoms with Crippen molar-refractivity contribution in [2.45, 2.75) is 6.61 Å². The van der Waals surface area contributed by atoms with E-state index in [1.54, 1.807) is 42.5 Å². The van der Waals surface area contributed by atoms with Crippen molar-refractivity contribution in [2.24, 2.45) is 0 Å². The monoisotopic (exact) mass is 262 g/mol. The van der Waals surface area contributed by atoms with Crippen LogP contribution < -0.4 is 10.2 Å². The predicted octanol–water partition coefficient (Wildman–Crippen LogP) is 1.60. The highest BCUT2D eigenvalue weighted by atomic mass is 35.5. The van der Waals surface area contributed by atoms with Crippen LogP contribution in [0.5, 0.6) is 5.75 Å². The summed E-state index contributed by atoms with van der Waals surface area (Å²) in [6, 6.07) is 14.0. The van der Waals surface area contributed by atoms with Gasteiger partial charge in [0.05, 0.1) is 0 Å². The summed E-state index contributed by atoms with van der Waals surface area (Å²) in [5.74, 6) is 0.682. The van der Waals surface area contributed by atoms with E-state index < -0.39 is 7.12 Å². The van der Waals surface area contributed by atoms with Gasteiger partial charge in [-0.2, -0.15) is 0 Å². The van der Waals surface area contributed by atoms with Crippen molar-refractivity contribution in [3.05, 3.63) is 59.1 Å². The van der Waals surface area contributed by atoms with E-state index in [1.165, 1.54) is 0 Å². The van der Waals surface area contributed by atoms with Gasteiger partial charge >= 0.3 is 7.12 Å². The van der Waals surface area contributed by atoms with E-state index in [0.29, 0.717) is 16.2 Å². The predicted molar refractivity (Wildman–Crippen MR) is 72.1 cm³/mol. The van der Waals surface area contributed by atoms with Gasteiger partial charge in [0.25, 0.3) is 0 Å². The maximum atomic E-state index is 9.22. The lowest BCUT2D eigenvalue weighted by Crippen LogP contribution is -2.33. The number of hydrogen-bond donors (Lipinski definition) is 2. The van der Waals surface area contributed by atoms with Crippen molar-refractivity contribution < 1.29 is 14.8 Å². The summed E-state index contributed by atoms with van der Waals surface area (Å²) in [7, 11) is -1.49. The lowest BCUT2D eigenvalue weighted by Gasteiger charge is -2.10. The normalized spacial score (nSPS) is 10.2. The summed E-state index contributed by atoms with van der Waals surface area (Å²) in [5, 5.41) is 19.1. The molecule has 0 spiro atoms. The minimum Gasteiger partial charge on any atom is -0.489 e. The summed E-state index contributed by atoms with van der Waals surface area (Å²) < 4.78 is 5.56. The van der Waals surface area contributed by atoms with Crippen LogP contribution in [0.25, 0.3) is 0 Å². The first-order valence-electron chi connectivity index (χ1n) is 5.49. The van der Waals surface area contributed by atoms with Crippen LogP contribution in [0.4, 0.5) is 0 Å². The van der Waals surface area contributed by atoms with Crippen molar-refractivity contribution in [1.82, 2.24) is 0 Å². The largest absolute Gasteiger partial charge is 0.489 e. The highest BCUT2D eigenvalue weighted by Crippen LogP contribution is 2.16. The Morgan fingerprint density at radius 2 is 1.67 bits per heavy atom. The molecule has 2 aromatic rings. The Balaban J connectivity index is 2.08. The van der Waals surface area contributed by atoms with Gasteiger partial charge < -0.3 is 14.8 Å². The molecule has 2 rings (SSSR count). The van der Waals surface area contributed by atoms with Gasteiger partial charge in [-0.05, 0) is 35.3 Å². The first-order chi connectivity index (χ1) is 8.66. The van der Waals surface area contributed by atoms with Crippen LogP contribution >= 0.6 is 11.6 Å². The Morgan fingerprint density at radius 1 is 1.00 bits per heavy atom. The quantitative estimate of drug-likeness (QED) is 0.823. The molecule has 0 aliphatic heterocycles. The molecule has 0 aliphatic carbocycles. The van der Waals surface area contributed by atoms with Gasteiger partial charge in [-0.1, -0.05) is 35.9 Å². The topological polar surface area (TPSA) is 49.7 Å². The van der Waals surface area contributed by atoms with Gasteiger partial charge in [0, 0.05) is 5.02 Å². The standard InChI is InChI=1S/C13H12BClO3/c15-11-5-7-12(8-6-11)18-9-10-3-1-2-4-13(10)14(16)17/h1-8,16-17H,9H2. The molecule has 0 aliphatic rings. The second kappa shape index (κ2) is 5.91. The average Bonchev–Trinajstić information content (AvgIpc) is 2.38. The molecule has 2 N–H and O–H groups in total. The Bertz CT molecular complexity index is 514. The smallest absolute Gasteiger partial charge is 0.488 e. The highest BCUT2D eigenvalue weighted by Gasteiger charge is 2.15. The number of hydrogen-bond acceptors (Lipinski definition) is 3. The SMILES string of the molecule is OB(O)c1ccccc1COc1ccc(Cl)cc1. The molecule has 0 saturated carbocycles. The number of ether oxygens (including phenoxy) is 1. The van der Waals surface area contributed by atoms with Gasteiger partial charge in [0.1, 0.15) is 12.4 Å². The molecule has 3 nitrogen and oxygen atoms in total. The molecule has 5 heteroatoms. The van der Waals surface area contributed by atoms with Gasteiger partial charge in [0.2, 0.25) is 0 Å². The van der Waals surface area contributed by atoms with Crippen molar-refractivity contribution in [3.63, 3.8) is 0 Å². The summed E-state index contributed by atoms with van der Waals surface area (Å²) in [5.41, 5.74) is 1.19. The molecule has 0 bridgehead atoms. The summed E-state index contributed by atoms with van der Waals surface area (Å²) >= 11 is 5.77.